The van der Waals surface area contributed by atoms with Crippen molar-refractivity contribution in [3.63, 3.8) is 0 Å². The lowest BCUT2D eigenvalue weighted by molar-refractivity contribution is 0.408. The molecule has 0 aromatic carbocycles. The largest absolute Gasteiger partial charge is 0.376 e. The van der Waals surface area contributed by atoms with Crippen LogP contribution in [0.2, 0.25) is 0 Å². The predicted molar refractivity (Wildman–Crippen MR) is 76.1 cm³/mol. The summed E-state index contributed by atoms with van der Waals surface area (Å²) in [5.74, 6) is 0. The number of anilines is 1. The molecular weight excluding hydrogens is 240 g/mol. The minimum atomic E-state index is -0.285. The Bertz CT molecular complexity index is 511. The average molecular weight is 262 g/mol. The number of rotatable bonds is 6. The summed E-state index contributed by atoms with van der Waals surface area (Å²) in [6, 6.07) is 3.87. The summed E-state index contributed by atoms with van der Waals surface area (Å²) >= 11 is 0. The van der Waals surface area contributed by atoms with Crippen LogP contribution in [0.5, 0.6) is 0 Å². The first-order chi connectivity index (χ1) is 8.85. The molecule has 1 aromatic rings. The fourth-order valence-corrected chi connectivity index (χ4v) is 1.72. The van der Waals surface area contributed by atoms with E-state index in [0.717, 1.165) is 24.9 Å². The van der Waals surface area contributed by atoms with Gasteiger partial charge in [0.05, 0.1) is 23.4 Å². The molecule has 0 aliphatic carbocycles. The SMILES string of the molecule is CN(C)c1cnn(CCCCC(C)(C)C#N)c(=O)c1. The lowest BCUT2D eigenvalue weighted by Gasteiger charge is -2.15. The van der Waals surface area contributed by atoms with Gasteiger partial charge >= 0.3 is 0 Å². The summed E-state index contributed by atoms with van der Waals surface area (Å²) in [5.41, 5.74) is 0.449. The van der Waals surface area contributed by atoms with Crippen molar-refractivity contribution in [2.24, 2.45) is 5.41 Å². The topological polar surface area (TPSA) is 61.9 Å². The second kappa shape index (κ2) is 6.37. The van der Waals surface area contributed by atoms with E-state index in [1.165, 1.54) is 4.68 Å². The third kappa shape index (κ3) is 4.74. The summed E-state index contributed by atoms with van der Waals surface area (Å²) in [7, 11) is 3.76. The third-order valence-electron chi connectivity index (χ3n) is 3.10. The number of nitrogens with zero attached hydrogens (tertiary/aromatic N) is 4. The smallest absolute Gasteiger partial charge is 0.268 e. The minimum absolute atomic E-state index is 0.0780. The molecule has 0 radical (unpaired) electrons. The number of aromatic nitrogens is 2. The van der Waals surface area contributed by atoms with Crippen LogP contribution in [-0.4, -0.2) is 23.9 Å². The first kappa shape index (κ1) is 15.2. The van der Waals surface area contributed by atoms with Crippen LogP contribution in [0.4, 0.5) is 5.69 Å². The van der Waals surface area contributed by atoms with Crippen LogP contribution >= 0.6 is 0 Å². The van der Waals surface area contributed by atoms with E-state index in [4.69, 9.17) is 5.26 Å². The van der Waals surface area contributed by atoms with E-state index in [1.807, 2.05) is 32.8 Å². The average Bonchev–Trinajstić information content (AvgIpc) is 2.36. The van der Waals surface area contributed by atoms with Gasteiger partial charge in [-0.25, -0.2) is 4.68 Å². The van der Waals surface area contributed by atoms with Gasteiger partial charge in [-0.15, -0.1) is 0 Å². The van der Waals surface area contributed by atoms with E-state index in [1.54, 1.807) is 12.3 Å². The molecule has 5 nitrogen and oxygen atoms in total. The molecule has 0 spiro atoms. The molecular formula is C14H22N4O. The second-order valence-corrected chi connectivity index (χ2v) is 5.62. The van der Waals surface area contributed by atoms with E-state index in [2.05, 4.69) is 11.2 Å². The molecule has 1 aromatic heterocycles. The van der Waals surface area contributed by atoms with Crippen molar-refractivity contribution in [2.45, 2.75) is 39.7 Å². The van der Waals surface area contributed by atoms with Crippen molar-refractivity contribution < 1.29 is 0 Å². The summed E-state index contributed by atoms with van der Waals surface area (Å²) in [5, 5.41) is 13.1. The molecule has 0 N–H and O–H groups in total. The summed E-state index contributed by atoms with van der Waals surface area (Å²) in [4.78, 5) is 13.7. The van der Waals surface area contributed by atoms with Gasteiger partial charge in [-0.2, -0.15) is 10.4 Å². The van der Waals surface area contributed by atoms with Gasteiger partial charge in [0.15, 0.2) is 0 Å². The van der Waals surface area contributed by atoms with Crippen LogP contribution in [0.3, 0.4) is 0 Å². The molecule has 0 saturated heterocycles. The molecule has 5 heteroatoms. The van der Waals surface area contributed by atoms with E-state index in [-0.39, 0.29) is 11.0 Å². The third-order valence-corrected chi connectivity index (χ3v) is 3.10. The van der Waals surface area contributed by atoms with Gasteiger partial charge in [0.25, 0.3) is 5.56 Å². The Morgan fingerprint density at radius 1 is 1.42 bits per heavy atom. The van der Waals surface area contributed by atoms with Crippen LogP contribution in [0.15, 0.2) is 17.1 Å². The zero-order valence-corrected chi connectivity index (χ0v) is 12.2. The lowest BCUT2D eigenvalue weighted by Crippen LogP contribution is -2.24. The predicted octanol–water partition coefficient (Wildman–Crippen LogP) is 2.03. The molecule has 0 atom stereocenters. The molecule has 0 saturated carbocycles. The van der Waals surface area contributed by atoms with Crippen LogP contribution in [-0.2, 0) is 6.54 Å². The van der Waals surface area contributed by atoms with Gasteiger partial charge in [0.1, 0.15) is 0 Å². The normalized spacial score (nSPS) is 11.1. The highest BCUT2D eigenvalue weighted by Gasteiger charge is 2.15. The number of nitriles is 1. The maximum Gasteiger partial charge on any atom is 0.268 e. The maximum absolute atomic E-state index is 11.8. The zero-order valence-electron chi connectivity index (χ0n) is 12.2. The second-order valence-electron chi connectivity index (χ2n) is 5.62. The molecule has 0 aliphatic rings. The highest BCUT2D eigenvalue weighted by Crippen LogP contribution is 2.21. The van der Waals surface area contributed by atoms with E-state index in [0.29, 0.717) is 6.54 Å². The van der Waals surface area contributed by atoms with E-state index < -0.39 is 0 Å². The first-order valence-corrected chi connectivity index (χ1v) is 6.51. The Hall–Kier alpha value is -1.83. The molecule has 0 aliphatic heterocycles. The zero-order chi connectivity index (χ0) is 14.5. The monoisotopic (exact) mass is 262 g/mol. The Morgan fingerprint density at radius 3 is 2.63 bits per heavy atom. The van der Waals surface area contributed by atoms with Gasteiger partial charge < -0.3 is 4.90 Å². The molecule has 104 valence electrons. The Labute approximate surface area is 114 Å². The molecule has 1 heterocycles. The first-order valence-electron chi connectivity index (χ1n) is 6.51. The van der Waals surface area contributed by atoms with E-state index >= 15 is 0 Å². The number of hydrogen-bond donors (Lipinski definition) is 0. The molecule has 0 unspecified atom stereocenters. The molecule has 0 bridgehead atoms. The summed E-state index contributed by atoms with van der Waals surface area (Å²) in [6.45, 7) is 4.47. The molecule has 1 rings (SSSR count). The standard InChI is InChI=1S/C14H22N4O/c1-14(2,11-15)7-5-6-8-18-13(19)9-12(10-16-18)17(3)4/h9-10H,5-8H2,1-4H3. The van der Waals surface area contributed by atoms with Crippen LogP contribution in [0, 0.1) is 16.7 Å². The van der Waals surface area contributed by atoms with Crippen molar-refractivity contribution in [1.29, 1.82) is 5.26 Å². The molecule has 0 amide bonds. The summed E-state index contributed by atoms with van der Waals surface area (Å²) < 4.78 is 1.48. The van der Waals surface area contributed by atoms with Crippen molar-refractivity contribution in [3.8, 4) is 6.07 Å². The van der Waals surface area contributed by atoms with Crippen LogP contribution < -0.4 is 10.5 Å². The van der Waals surface area contributed by atoms with Gasteiger partial charge in [0.2, 0.25) is 0 Å². The fourth-order valence-electron chi connectivity index (χ4n) is 1.72. The fraction of sp³-hybridized carbons (Fsp3) is 0.643. The number of aryl methyl sites for hydroxylation is 1. The maximum atomic E-state index is 11.8. The quantitative estimate of drug-likeness (QED) is 0.736. The van der Waals surface area contributed by atoms with Crippen molar-refractivity contribution in [3.05, 3.63) is 22.6 Å². The Balaban J connectivity index is 2.51. The highest BCUT2D eigenvalue weighted by molar-refractivity contribution is 5.40. The number of hydrogen-bond acceptors (Lipinski definition) is 4. The van der Waals surface area contributed by atoms with Gasteiger partial charge in [-0.1, -0.05) is 6.42 Å². The van der Waals surface area contributed by atoms with Gasteiger partial charge in [0, 0.05) is 26.7 Å². The van der Waals surface area contributed by atoms with Gasteiger partial charge in [-0.3, -0.25) is 4.79 Å². The molecule has 0 fully saturated rings. The highest BCUT2D eigenvalue weighted by atomic mass is 16.1. The Kier molecular flexibility index (Phi) is 5.11. The van der Waals surface area contributed by atoms with E-state index in [9.17, 15) is 4.79 Å². The van der Waals surface area contributed by atoms with Crippen molar-refractivity contribution in [1.82, 2.24) is 9.78 Å². The van der Waals surface area contributed by atoms with Crippen molar-refractivity contribution in [2.75, 3.05) is 19.0 Å². The van der Waals surface area contributed by atoms with Crippen molar-refractivity contribution >= 4 is 5.69 Å². The van der Waals surface area contributed by atoms with Gasteiger partial charge in [-0.05, 0) is 26.7 Å². The van der Waals surface area contributed by atoms with Crippen LogP contribution in [0.1, 0.15) is 33.1 Å². The minimum Gasteiger partial charge on any atom is -0.376 e. The summed E-state index contributed by atoms with van der Waals surface area (Å²) in [6.07, 6.45) is 4.32. The number of unbranched alkanes of at least 4 members (excludes halogenated alkanes) is 1. The lowest BCUT2D eigenvalue weighted by atomic mass is 9.89. The Morgan fingerprint density at radius 2 is 2.11 bits per heavy atom. The molecule has 19 heavy (non-hydrogen) atoms. The van der Waals surface area contributed by atoms with Crippen LogP contribution in [0.25, 0.3) is 0 Å².